The highest BCUT2D eigenvalue weighted by Gasteiger charge is 2.29. The average molecular weight is 494 g/mol. The number of anilines is 1. The van der Waals surface area contributed by atoms with Crippen LogP contribution in [-0.2, 0) is 9.53 Å². The van der Waals surface area contributed by atoms with Gasteiger partial charge in [-0.25, -0.2) is 9.78 Å². The molecule has 2 heterocycles. The lowest BCUT2D eigenvalue weighted by molar-refractivity contribution is -0.143. The summed E-state index contributed by atoms with van der Waals surface area (Å²) in [6.45, 7) is 7.32. The second kappa shape index (κ2) is 10.8. The van der Waals surface area contributed by atoms with Crippen molar-refractivity contribution in [2.45, 2.75) is 65.6 Å². The van der Waals surface area contributed by atoms with Gasteiger partial charge in [0.2, 0.25) is 5.76 Å². The maximum Gasteiger partial charge on any atom is 0.412 e. The Morgan fingerprint density at radius 2 is 1.89 bits per heavy atom. The standard InChI is InChI=1S/C27H31N3O6/c1-15-8-5-6-11-21(15)18(4)34-27(33)29-24-17(3)30-36-25(24)22-12-13-23(16(2)28-22)35-20-10-7-9-19(14-20)26(31)32/h5-6,8,11-13,18-20H,7,9-10,14H2,1-4H3,(H,29,33)(H,31,32)/t18-,19?,20?/m1/s1. The minimum atomic E-state index is -0.777. The minimum absolute atomic E-state index is 0.166. The van der Waals surface area contributed by atoms with Crippen LogP contribution in [0, 0.1) is 26.7 Å². The molecule has 1 aromatic carbocycles. The molecule has 3 aromatic rings. The molecule has 1 aliphatic carbocycles. The number of carbonyl (C=O) groups is 2. The summed E-state index contributed by atoms with van der Waals surface area (Å²) < 4.78 is 17.2. The second-order valence-electron chi connectivity index (χ2n) is 9.22. The van der Waals surface area contributed by atoms with Crippen molar-refractivity contribution in [2.24, 2.45) is 5.92 Å². The molecular formula is C27H31N3O6. The second-order valence-corrected chi connectivity index (χ2v) is 9.22. The molecule has 0 bridgehead atoms. The molecule has 4 rings (SSSR count). The van der Waals surface area contributed by atoms with Gasteiger partial charge in [0.05, 0.1) is 17.7 Å². The molecule has 1 amide bonds. The number of hydrogen-bond acceptors (Lipinski definition) is 7. The van der Waals surface area contributed by atoms with Gasteiger partial charge in [0.1, 0.15) is 28.9 Å². The maximum absolute atomic E-state index is 12.7. The zero-order chi connectivity index (χ0) is 25.8. The number of ether oxygens (including phenoxy) is 2. The molecular weight excluding hydrogens is 462 g/mol. The highest BCUT2D eigenvalue weighted by molar-refractivity contribution is 5.90. The Labute approximate surface area is 209 Å². The summed E-state index contributed by atoms with van der Waals surface area (Å²) in [4.78, 5) is 28.6. The largest absolute Gasteiger partial charge is 0.489 e. The van der Waals surface area contributed by atoms with Crippen LogP contribution in [0.2, 0.25) is 0 Å². The Balaban J connectivity index is 1.46. The number of hydrogen-bond donors (Lipinski definition) is 2. The monoisotopic (exact) mass is 493 g/mol. The van der Waals surface area contributed by atoms with Gasteiger partial charge in [0.25, 0.3) is 0 Å². The first-order valence-corrected chi connectivity index (χ1v) is 12.1. The number of carboxylic acids is 1. The quantitative estimate of drug-likeness (QED) is 0.411. The van der Waals surface area contributed by atoms with Crippen LogP contribution in [0.25, 0.3) is 11.5 Å². The van der Waals surface area contributed by atoms with Crippen LogP contribution in [0.4, 0.5) is 10.5 Å². The molecule has 2 N–H and O–H groups in total. The smallest absolute Gasteiger partial charge is 0.412 e. The third-order valence-corrected chi connectivity index (χ3v) is 6.54. The number of carboxylic acid groups (broad SMARTS) is 1. The van der Waals surface area contributed by atoms with Gasteiger partial charge in [-0.1, -0.05) is 29.4 Å². The van der Waals surface area contributed by atoms with E-state index in [-0.39, 0.29) is 12.0 Å². The molecule has 9 heteroatoms. The highest BCUT2D eigenvalue weighted by atomic mass is 16.6. The van der Waals surface area contributed by atoms with Crippen LogP contribution < -0.4 is 10.1 Å². The van der Waals surface area contributed by atoms with Crippen molar-refractivity contribution in [1.29, 1.82) is 0 Å². The van der Waals surface area contributed by atoms with Crippen molar-refractivity contribution in [2.75, 3.05) is 5.32 Å². The lowest BCUT2D eigenvalue weighted by Crippen LogP contribution is -2.29. The molecule has 0 spiro atoms. The Kier molecular flexibility index (Phi) is 7.57. The number of rotatable bonds is 7. The lowest BCUT2D eigenvalue weighted by Gasteiger charge is -2.27. The van der Waals surface area contributed by atoms with E-state index in [2.05, 4.69) is 15.5 Å². The first-order valence-electron chi connectivity index (χ1n) is 12.1. The van der Waals surface area contributed by atoms with Gasteiger partial charge in [-0.05, 0) is 76.6 Å². The van der Waals surface area contributed by atoms with Gasteiger partial charge >= 0.3 is 12.1 Å². The summed E-state index contributed by atoms with van der Waals surface area (Å²) >= 11 is 0. The van der Waals surface area contributed by atoms with Crippen LogP contribution in [0.3, 0.4) is 0 Å². The summed E-state index contributed by atoms with van der Waals surface area (Å²) in [7, 11) is 0. The van der Waals surface area contributed by atoms with Crippen LogP contribution >= 0.6 is 0 Å². The normalized spacial score (nSPS) is 18.3. The van der Waals surface area contributed by atoms with Gasteiger partial charge < -0.3 is 19.1 Å². The van der Waals surface area contributed by atoms with E-state index in [9.17, 15) is 14.7 Å². The highest BCUT2D eigenvalue weighted by Crippen LogP contribution is 2.34. The molecule has 2 unspecified atom stereocenters. The zero-order valence-electron chi connectivity index (χ0n) is 20.9. The van der Waals surface area contributed by atoms with Crippen LogP contribution in [0.5, 0.6) is 5.75 Å². The summed E-state index contributed by atoms with van der Waals surface area (Å²) in [5, 5.41) is 16.1. The minimum Gasteiger partial charge on any atom is -0.489 e. The average Bonchev–Trinajstić information content (AvgIpc) is 3.20. The fraction of sp³-hybridized carbons (Fsp3) is 0.407. The number of aromatic nitrogens is 2. The van der Waals surface area contributed by atoms with Gasteiger partial charge in [-0.15, -0.1) is 0 Å². The molecule has 190 valence electrons. The molecule has 36 heavy (non-hydrogen) atoms. The third kappa shape index (κ3) is 5.67. The maximum atomic E-state index is 12.7. The third-order valence-electron chi connectivity index (χ3n) is 6.54. The van der Waals surface area contributed by atoms with Crippen molar-refractivity contribution >= 4 is 17.7 Å². The van der Waals surface area contributed by atoms with Gasteiger partial charge in [-0.2, -0.15) is 0 Å². The van der Waals surface area contributed by atoms with Gasteiger partial charge in [0, 0.05) is 0 Å². The molecule has 2 aromatic heterocycles. The SMILES string of the molecule is Cc1ccccc1[C@@H](C)OC(=O)Nc1c(C)noc1-c1ccc(OC2CCCC(C(=O)O)C2)c(C)n1. The molecule has 1 saturated carbocycles. The first kappa shape index (κ1) is 25.2. The Morgan fingerprint density at radius 3 is 2.61 bits per heavy atom. The van der Waals surface area contributed by atoms with Crippen molar-refractivity contribution < 1.29 is 28.7 Å². The molecule has 1 fully saturated rings. The fourth-order valence-electron chi connectivity index (χ4n) is 4.55. The topological polar surface area (TPSA) is 124 Å². The van der Waals surface area contributed by atoms with E-state index in [0.29, 0.717) is 47.1 Å². The number of amides is 1. The van der Waals surface area contributed by atoms with Gasteiger partial charge in [-0.3, -0.25) is 10.1 Å². The summed E-state index contributed by atoms with van der Waals surface area (Å²) in [5.41, 5.74) is 3.94. The first-order chi connectivity index (χ1) is 17.2. The number of aliphatic carboxylic acids is 1. The van der Waals surface area contributed by atoms with E-state index in [0.717, 1.165) is 24.0 Å². The number of pyridine rings is 1. The number of nitrogens with one attached hydrogen (secondary N) is 1. The van der Waals surface area contributed by atoms with Crippen molar-refractivity contribution in [1.82, 2.24) is 10.1 Å². The summed E-state index contributed by atoms with van der Waals surface area (Å²) in [5.74, 6) is -0.255. The van der Waals surface area contributed by atoms with Crippen LogP contribution in [0.1, 0.15) is 61.2 Å². The zero-order valence-corrected chi connectivity index (χ0v) is 20.9. The van der Waals surface area contributed by atoms with Crippen molar-refractivity contribution in [3.63, 3.8) is 0 Å². The lowest BCUT2D eigenvalue weighted by atomic mass is 9.87. The van der Waals surface area contributed by atoms with E-state index >= 15 is 0 Å². The molecule has 3 atom stereocenters. The number of benzene rings is 1. The summed E-state index contributed by atoms with van der Waals surface area (Å²) in [6, 6.07) is 11.2. The van der Waals surface area contributed by atoms with Crippen molar-refractivity contribution in [3.05, 3.63) is 58.9 Å². The molecule has 9 nitrogen and oxygen atoms in total. The van der Waals surface area contributed by atoms with E-state index in [1.165, 1.54) is 0 Å². The molecule has 1 aliphatic rings. The number of carbonyl (C=O) groups excluding carboxylic acids is 1. The van der Waals surface area contributed by atoms with E-state index < -0.39 is 18.2 Å². The number of aryl methyl sites for hydroxylation is 3. The van der Waals surface area contributed by atoms with Crippen LogP contribution in [-0.4, -0.2) is 33.4 Å². The predicted octanol–water partition coefficient (Wildman–Crippen LogP) is 5.99. The van der Waals surface area contributed by atoms with Crippen molar-refractivity contribution in [3.8, 4) is 17.2 Å². The van der Waals surface area contributed by atoms with E-state index in [1.54, 1.807) is 19.1 Å². The Morgan fingerprint density at radius 1 is 1.11 bits per heavy atom. The van der Waals surface area contributed by atoms with Gasteiger partial charge in [0.15, 0.2) is 0 Å². The predicted molar refractivity (Wildman–Crippen MR) is 133 cm³/mol. The van der Waals surface area contributed by atoms with E-state index in [1.807, 2.05) is 45.0 Å². The van der Waals surface area contributed by atoms with Crippen LogP contribution in [0.15, 0.2) is 40.9 Å². The number of nitrogens with zero attached hydrogens (tertiary/aromatic N) is 2. The molecule has 0 saturated heterocycles. The Hall–Kier alpha value is -3.88. The summed E-state index contributed by atoms with van der Waals surface area (Å²) in [6.07, 6.45) is 1.56. The fourth-order valence-corrected chi connectivity index (χ4v) is 4.55. The molecule has 0 aliphatic heterocycles. The molecule has 0 radical (unpaired) electrons. The Bertz CT molecular complexity index is 1250. The van der Waals surface area contributed by atoms with E-state index in [4.69, 9.17) is 14.0 Å².